The summed E-state index contributed by atoms with van der Waals surface area (Å²) >= 11 is 0. The number of alkyl halides is 3. The van der Waals surface area contributed by atoms with Crippen molar-refractivity contribution in [1.29, 1.82) is 0 Å². The van der Waals surface area contributed by atoms with Gasteiger partial charge in [0.05, 0.1) is 12.1 Å². The maximum Gasteiger partial charge on any atom is 0.416 e. The molecule has 28 heavy (non-hydrogen) atoms. The van der Waals surface area contributed by atoms with Crippen LogP contribution in [0.25, 0.3) is 33.1 Å². The first-order valence-corrected chi connectivity index (χ1v) is 8.03. The molecule has 0 amide bonds. The highest BCUT2D eigenvalue weighted by Gasteiger charge is 2.30. The molecule has 0 unspecified atom stereocenters. The molecule has 0 saturated carbocycles. The third-order valence-electron chi connectivity index (χ3n) is 4.15. The Kier molecular flexibility index (Phi) is 3.96. The number of rotatable bonds is 2. The van der Waals surface area contributed by atoms with E-state index < -0.39 is 11.7 Å². The van der Waals surface area contributed by atoms with Crippen molar-refractivity contribution in [3.05, 3.63) is 71.8 Å². The summed E-state index contributed by atoms with van der Waals surface area (Å²) in [5.74, 6) is 0.315. The Bertz CT molecular complexity index is 1200. The summed E-state index contributed by atoms with van der Waals surface area (Å²) in [5.41, 5.74) is 7.63. The minimum absolute atomic E-state index is 0.122. The second-order valence-corrected chi connectivity index (χ2v) is 5.92. The zero-order chi connectivity index (χ0) is 19.9. The maximum absolute atomic E-state index is 12.8. The molecular weight excluding hydrogens is 369 g/mol. The van der Waals surface area contributed by atoms with E-state index in [-0.39, 0.29) is 11.6 Å². The van der Waals surface area contributed by atoms with Crippen LogP contribution < -0.4 is 5.73 Å². The molecular formula is C19H11F3N6. The van der Waals surface area contributed by atoms with Crippen molar-refractivity contribution in [3.8, 4) is 17.1 Å². The van der Waals surface area contributed by atoms with Crippen molar-refractivity contribution in [1.82, 2.24) is 19.5 Å². The van der Waals surface area contributed by atoms with Crippen LogP contribution in [0.2, 0.25) is 0 Å². The van der Waals surface area contributed by atoms with E-state index in [9.17, 15) is 13.2 Å². The fourth-order valence-electron chi connectivity index (χ4n) is 2.74. The van der Waals surface area contributed by atoms with Crippen LogP contribution >= 0.6 is 0 Å². The van der Waals surface area contributed by atoms with Gasteiger partial charge in [-0.15, -0.1) is 0 Å². The molecule has 0 saturated heterocycles. The number of hydrogen-bond acceptors (Lipinski definition) is 4. The lowest BCUT2D eigenvalue weighted by Gasteiger charge is -2.08. The van der Waals surface area contributed by atoms with Gasteiger partial charge >= 0.3 is 6.18 Å². The van der Waals surface area contributed by atoms with Crippen LogP contribution in [0.4, 0.5) is 24.7 Å². The third kappa shape index (κ3) is 3.01. The second-order valence-electron chi connectivity index (χ2n) is 5.92. The molecule has 0 fully saturated rings. The molecule has 138 valence electrons. The van der Waals surface area contributed by atoms with Gasteiger partial charge in [0.1, 0.15) is 6.33 Å². The summed E-state index contributed by atoms with van der Waals surface area (Å²) in [7, 11) is 0. The van der Waals surface area contributed by atoms with E-state index in [1.54, 1.807) is 28.8 Å². The number of aromatic nitrogens is 4. The topological polar surface area (TPSA) is 74.0 Å². The number of halogens is 3. The van der Waals surface area contributed by atoms with Gasteiger partial charge < -0.3 is 5.73 Å². The lowest BCUT2D eigenvalue weighted by atomic mass is 10.1. The first kappa shape index (κ1) is 17.5. The average Bonchev–Trinajstić information content (AvgIpc) is 3.12. The van der Waals surface area contributed by atoms with Crippen LogP contribution in [0.15, 0.2) is 54.9 Å². The number of anilines is 1. The number of imidazole rings is 1. The van der Waals surface area contributed by atoms with Gasteiger partial charge in [0.25, 0.3) is 0 Å². The largest absolute Gasteiger partial charge is 0.416 e. The molecule has 6 nitrogen and oxygen atoms in total. The molecule has 0 atom stereocenters. The predicted molar refractivity (Wildman–Crippen MR) is 97.8 cm³/mol. The first-order valence-electron chi connectivity index (χ1n) is 8.03. The standard InChI is InChI=1S/C19H11F3N6/c1-24-13-6-8-14(9-7-13)28-10-25-15-16(23)26-17(27-18(15)28)11-2-4-12(5-3-11)19(20,21)22/h2-10H,(H2,23,26,27). The average molecular weight is 380 g/mol. The Labute approximate surface area is 156 Å². The van der Waals surface area contributed by atoms with E-state index in [1.807, 2.05) is 0 Å². The zero-order valence-electron chi connectivity index (χ0n) is 14.1. The molecule has 0 radical (unpaired) electrons. The Morgan fingerprint density at radius 2 is 1.64 bits per heavy atom. The Morgan fingerprint density at radius 1 is 0.964 bits per heavy atom. The minimum atomic E-state index is -4.42. The highest BCUT2D eigenvalue weighted by atomic mass is 19.4. The Balaban J connectivity index is 1.82. The molecule has 0 aliphatic heterocycles. The number of nitrogens with zero attached hydrogens (tertiary/aromatic N) is 5. The number of fused-ring (bicyclic) bond motifs is 1. The summed E-state index contributed by atoms with van der Waals surface area (Å²) < 4.78 is 40.0. The van der Waals surface area contributed by atoms with Crippen molar-refractivity contribution in [2.24, 2.45) is 0 Å². The Morgan fingerprint density at radius 3 is 2.25 bits per heavy atom. The van der Waals surface area contributed by atoms with E-state index >= 15 is 0 Å². The van der Waals surface area contributed by atoms with Crippen molar-refractivity contribution >= 4 is 22.7 Å². The first-order chi connectivity index (χ1) is 13.4. The van der Waals surface area contributed by atoms with Crippen LogP contribution in [0, 0.1) is 6.57 Å². The smallest absolute Gasteiger partial charge is 0.382 e. The molecule has 9 heteroatoms. The fourth-order valence-corrected chi connectivity index (χ4v) is 2.74. The highest BCUT2D eigenvalue weighted by molar-refractivity contribution is 5.85. The normalized spacial score (nSPS) is 11.5. The number of benzene rings is 2. The predicted octanol–water partition coefficient (Wildman–Crippen LogP) is 4.63. The van der Waals surface area contributed by atoms with E-state index in [2.05, 4.69) is 19.8 Å². The quantitative estimate of drug-likeness (QED) is 0.515. The van der Waals surface area contributed by atoms with E-state index in [1.165, 1.54) is 18.5 Å². The monoisotopic (exact) mass is 380 g/mol. The summed E-state index contributed by atoms with van der Waals surface area (Å²) in [6.07, 6.45) is -2.89. The van der Waals surface area contributed by atoms with Gasteiger partial charge in [0.2, 0.25) is 0 Å². The van der Waals surface area contributed by atoms with Gasteiger partial charge in [-0.2, -0.15) is 13.2 Å². The van der Waals surface area contributed by atoms with Crippen LogP contribution in [0.5, 0.6) is 0 Å². The Hall–Kier alpha value is -3.93. The summed E-state index contributed by atoms with van der Waals surface area (Å²) in [5, 5.41) is 0. The van der Waals surface area contributed by atoms with Crippen molar-refractivity contribution in [2.45, 2.75) is 6.18 Å². The van der Waals surface area contributed by atoms with Crippen molar-refractivity contribution in [2.75, 3.05) is 5.73 Å². The van der Waals surface area contributed by atoms with Crippen LogP contribution in [0.1, 0.15) is 5.56 Å². The van der Waals surface area contributed by atoms with Gasteiger partial charge in [-0.3, -0.25) is 4.57 Å². The molecule has 0 bridgehead atoms. The molecule has 2 aromatic heterocycles. The summed E-state index contributed by atoms with van der Waals surface area (Å²) in [4.78, 5) is 16.2. The zero-order valence-corrected chi connectivity index (χ0v) is 14.1. The van der Waals surface area contributed by atoms with Crippen molar-refractivity contribution in [3.63, 3.8) is 0 Å². The molecule has 4 rings (SSSR count). The molecule has 2 heterocycles. The second kappa shape index (κ2) is 6.35. The van der Waals surface area contributed by atoms with E-state index in [0.29, 0.717) is 28.1 Å². The lowest BCUT2D eigenvalue weighted by molar-refractivity contribution is -0.137. The third-order valence-corrected chi connectivity index (χ3v) is 4.15. The molecule has 4 aromatic rings. The SMILES string of the molecule is [C-]#[N+]c1ccc(-n2cnc3c(N)nc(-c4ccc(C(F)(F)F)cc4)nc32)cc1. The fraction of sp³-hybridized carbons (Fsp3) is 0.0526. The van der Waals surface area contributed by atoms with Crippen LogP contribution in [-0.2, 0) is 6.18 Å². The van der Waals surface area contributed by atoms with E-state index in [0.717, 1.165) is 12.1 Å². The maximum atomic E-state index is 12.8. The number of hydrogen-bond donors (Lipinski definition) is 1. The lowest BCUT2D eigenvalue weighted by Crippen LogP contribution is -2.04. The molecule has 2 aromatic carbocycles. The highest BCUT2D eigenvalue weighted by Crippen LogP contribution is 2.31. The van der Waals surface area contributed by atoms with Crippen LogP contribution in [-0.4, -0.2) is 19.5 Å². The van der Waals surface area contributed by atoms with Gasteiger partial charge in [-0.05, 0) is 24.3 Å². The summed E-state index contributed by atoms with van der Waals surface area (Å²) in [6.45, 7) is 7.02. The molecule has 0 aliphatic carbocycles. The molecule has 2 N–H and O–H groups in total. The molecule has 0 aliphatic rings. The van der Waals surface area contributed by atoms with Gasteiger partial charge in [0.15, 0.2) is 28.5 Å². The van der Waals surface area contributed by atoms with Crippen LogP contribution in [0.3, 0.4) is 0 Å². The van der Waals surface area contributed by atoms with Crippen molar-refractivity contribution < 1.29 is 13.2 Å². The number of nitrogens with two attached hydrogens (primary N) is 1. The van der Waals surface area contributed by atoms with Gasteiger partial charge in [0, 0.05) is 11.3 Å². The van der Waals surface area contributed by atoms with E-state index in [4.69, 9.17) is 12.3 Å². The summed E-state index contributed by atoms with van der Waals surface area (Å²) in [6, 6.07) is 11.3. The number of nitrogen functional groups attached to an aromatic ring is 1. The van der Waals surface area contributed by atoms with Gasteiger partial charge in [-0.25, -0.2) is 19.8 Å². The van der Waals surface area contributed by atoms with Gasteiger partial charge in [-0.1, -0.05) is 24.3 Å². The minimum Gasteiger partial charge on any atom is -0.382 e. The molecule has 0 spiro atoms.